The van der Waals surface area contributed by atoms with Crippen molar-refractivity contribution in [1.29, 1.82) is 0 Å². The van der Waals surface area contributed by atoms with E-state index in [0.717, 1.165) is 20.8 Å². The molecular formula is C21H13F2N3O3S. The fourth-order valence-electron chi connectivity index (χ4n) is 2.93. The summed E-state index contributed by atoms with van der Waals surface area (Å²) in [6.07, 6.45) is 0. The molecule has 4 aromatic rings. The molecule has 0 aliphatic heterocycles. The molecule has 1 aromatic heterocycles. The van der Waals surface area contributed by atoms with E-state index in [1.165, 1.54) is 11.3 Å². The third-order valence-electron chi connectivity index (χ3n) is 4.50. The summed E-state index contributed by atoms with van der Waals surface area (Å²) in [5.41, 5.74) is 1.11. The molecule has 1 amide bonds. The molecule has 0 spiro atoms. The quantitative estimate of drug-likeness (QED) is 0.335. The molecule has 0 saturated carbocycles. The van der Waals surface area contributed by atoms with Gasteiger partial charge in [0.1, 0.15) is 10.8 Å². The Balaban J connectivity index is 1.68. The highest BCUT2D eigenvalue weighted by atomic mass is 32.1. The number of hydrogen-bond acceptors (Lipinski definition) is 5. The molecule has 0 radical (unpaired) electrons. The number of para-hydroxylation sites is 1. The summed E-state index contributed by atoms with van der Waals surface area (Å²) in [5, 5.41) is 14.2. The number of nitro benzene ring substituents is 1. The van der Waals surface area contributed by atoms with Crippen molar-refractivity contribution in [3.05, 3.63) is 87.5 Å². The zero-order chi connectivity index (χ0) is 21.4. The van der Waals surface area contributed by atoms with E-state index in [2.05, 4.69) is 10.3 Å². The molecule has 0 saturated heterocycles. The molecule has 1 N–H and O–H groups in total. The minimum absolute atomic E-state index is 0.331. The van der Waals surface area contributed by atoms with Crippen LogP contribution in [0.1, 0.15) is 15.9 Å². The van der Waals surface area contributed by atoms with E-state index in [4.69, 9.17) is 0 Å². The number of nitrogens with zero attached hydrogens (tertiary/aromatic N) is 2. The number of nitro groups is 1. The predicted octanol–water partition coefficient (Wildman–Crippen LogP) is 5.71. The lowest BCUT2D eigenvalue weighted by Gasteiger charge is -2.10. The lowest BCUT2D eigenvalue weighted by atomic mass is 10.1. The average molecular weight is 425 g/mol. The minimum atomic E-state index is -1.34. The number of thiazole rings is 1. The Morgan fingerprint density at radius 2 is 1.87 bits per heavy atom. The topological polar surface area (TPSA) is 85.1 Å². The number of halogens is 2. The zero-order valence-corrected chi connectivity index (χ0v) is 16.3. The predicted molar refractivity (Wildman–Crippen MR) is 111 cm³/mol. The molecular weight excluding hydrogens is 412 g/mol. The number of rotatable bonds is 4. The van der Waals surface area contributed by atoms with Crippen LogP contribution in [0.25, 0.3) is 20.8 Å². The van der Waals surface area contributed by atoms with E-state index in [1.54, 1.807) is 19.1 Å². The van der Waals surface area contributed by atoms with Crippen molar-refractivity contribution in [1.82, 2.24) is 4.98 Å². The fraction of sp³-hybridized carbons (Fsp3) is 0.0476. The summed E-state index contributed by atoms with van der Waals surface area (Å²) in [6, 6.07) is 13.9. The molecule has 30 heavy (non-hydrogen) atoms. The van der Waals surface area contributed by atoms with Gasteiger partial charge >= 0.3 is 5.69 Å². The maximum Gasteiger partial charge on any atom is 0.305 e. The van der Waals surface area contributed by atoms with Crippen LogP contribution in [0.2, 0.25) is 0 Å². The van der Waals surface area contributed by atoms with Crippen LogP contribution < -0.4 is 5.32 Å². The summed E-state index contributed by atoms with van der Waals surface area (Å²) in [7, 11) is 0. The number of nitrogens with one attached hydrogen (secondary N) is 1. The highest BCUT2D eigenvalue weighted by Crippen LogP contribution is 2.32. The molecule has 0 atom stereocenters. The van der Waals surface area contributed by atoms with E-state index >= 15 is 0 Å². The van der Waals surface area contributed by atoms with Crippen LogP contribution in [-0.4, -0.2) is 15.8 Å². The number of fused-ring (bicyclic) bond motifs is 1. The van der Waals surface area contributed by atoms with Gasteiger partial charge in [0.2, 0.25) is 5.82 Å². The number of carbonyl (C=O) groups excluding carboxylic acids is 1. The molecule has 0 aliphatic rings. The van der Waals surface area contributed by atoms with Crippen LogP contribution in [0.15, 0.2) is 54.6 Å². The van der Waals surface area contributed by atoms with Gasteiger partial charge in [0, 0.05) is 23.4 Å². The second-order valence-corrected chi connectivity index (χ2v) is 7.54. The number of amides is 1. The van der Waals surface area contributed by atoms with Crippen LogP contribution in [0, 0.1) is 28.7 Å². The van der Waals surface area contributed by atoms with E-state index < -0.39 is 33.7 Å². The highest BCUT2D eigenvalue weighted by Gasteiger charge is 2.23. The summed E-state index contributed by atoms with van der Waals surface area (Å²) < 4.78 is 28.6. The average Bonchev–Trinajstić information content (AvgIpc) is 3.13. The van der Waals surface area contributed by atoms with Crippen molar-refractivity contribution in [3.63, 3.8) is 0 Å². The molecule has 4 rings (SSSR count). The van der Waals surface area contributed by atoms with Gasteiger partial charge in [-0.15, -0.1) is 11.3 Å². The number of carbonyl (C=O) groups is 1. The second kappa shape index (κ2) is 7.60. The standard InChI is InChI=1S/C21H13F2N3O3S/c1-11-6-7-12(21-25-16-4-2-3-5-19(16)30-21)8-17(11)24-20(27)13-9-18(26(28)29)15(23)10-14(13)22/h2-10H,1H3,(H,24,27). The molecule has 0 bridgehead atoms. The lowest BCUT2D eigenvalue weighted by Crippen LogP contribution is -2.15. The maximum atomic E-state index is 14.1. The summed E-state index contributed by atoms with van der Waals surface area (Å²) >= 11 is 1.49. The molecule has 3 aromatic carbocycles. The van der Waals surface area contributed by atoms with Crippen LogP contribution in [-0.2, 0) is 0 Å². The number of benzene rings is 3. The van der Waals surface area contributed by atoms with Crippen LogP contribution >= 0.6 is 11.3 Å². The summed E-state index contributed by atoms with van der Waals surface area (Å²) in [5.74, 6) is -3.45. The fourth-order valence-corrected chi connectivity index (χ4v) is 3.89. The maximum absolute atomic E-state index is 14.1. The van der Waals surface area contributed by atoms with Crippen molar-refractivity contribution in [2.75, 3.05) is 5.32 Å². The Morgan fingerprint density at radius 1 is 1.10 bits per heavy atom. The van der Waals surface area contributed by atoms with Crippen molar-refractivity contribution in [2.24, 2.45) is 0 Å². The first kappa shape index (κ1) is 19.6. The van der Waals surface area contributed by atoms with Crippen molar-refractivity contribution < 1.29 is 18.5 Å². The monoisotopic (exact) mass is 425 g/mol. The van der Waals surface area contributed by atoms with Gasteiger partial charge in [-0.1, -0.05) is 24.3 Å². The molecule has 150 valence electrons. The molecule has 0 unspecified atom stereocenters. The van der Waals surface area contributed by atoms with E-state index in [0.29, 0.717) is 23.4 Å². The van der Waals surface area contributed by atoms with Gasteiger partial charge in [0.15, 0.2) is 0 Å². The number of hydrogen-bond donors (Lipinski definition) is 1. The number of anilines is 1. The Bertz CT molecular complexity index is 1290. The molecule has 1 heterocycles. The highest BCUT2D eigenvalue weighted by molar-refractivity contribution is 7.21. The summed E-state index contributed by atoms with van der Waals surface area (Å²) in [4.78, 5) is 27.0. The number of aryl methyl sites for hydroxylation is 1. The first-order chi connectivity index (χ1) is 14.3. The Labute approximate surface area is 173 Å². The molecule has 6 nitrogen and oxygen atoms in total. The zero-order valence-electron chi connectivity index (χ0n) is 15.5. The van der Waals surface area contributed by atoms with E-state index in [-0.39, 0.29) is 0 Å². The molecule has 9 heteroatoms. The first-order valence-corrected chi connectivity index (χ1v) is 9.56. The van der Waals surface area contributed by atoms with Crippen LogP contribution in [0.3, 0.4) is 0 Å². The lowest BCUT2D eigenvalue weighted by molar-refractivity contribution is -0.387. The Hall–Kier alpha value is -3.72. The van der Waals surface area contributed by atoms with Gasteiger partial charge in [0.25, 0.3) is 5.91 Å². The van der Waals surface area contributed by atoms with Gasteiger partial charge in [0.05, 0.1) is 20.7 Å². The van der Waals surface area contributed by atoms with Gasteiger partial charge in [-0.25, -0.2) is 9.37 Å². The smallest absolute Gasteiger partial charge is 0.305 e. The Morgan fingerprint density at radius 3 is 2.60 bits per heavy atom. The van der Waals surface area contributed by atoms with Crippen molar-refractivity contribution in [3.8, 4) is 10.6 Å². The minimum Gasteiger partial charge on any atom is -0.322 e. The van der Waals surface area contributed by atoms with Gasteiger partial charge in [-0.05, 0) is 30.7 Å². The molecule has 0 fully saturated rings. The van der Waals surface area contributed by atoms with Crippen molar-refractivity contribution >= 4 is 38.8 Å². The number of aromatic nitrogens is 1. The third kappa shape index (κ3) is 3.62. The normalized spacial score (nSPS) is 10.9. The van der Waals surface area contributed by atoms with Crippen molar-refractivity contribution in [2.45, 2.75) is 6.92 Å². The second-order valence-electron chi connectivity index (χ2n) is 6.51. The van der Waals surface area contributed by atoms with Gasteiger partial charge in [-0.2, -0.15) is 4.39 Å². The third-order valence-corrected chi connectivity index (χ3v) is 5.59. The van der Waals surface area contributed by atoms with E-state index in [1.807, 2.05) is 30.3 Å². The van der Waals surface area contributed by atoms with Gasteiger partial charge in [-0.3, -0.25) is 14.9 Å². The van der Waals surface area contributed by atoms with Gasteiger partial charge < -0.3 is 5.32 Å². The van der Waals surface area contributed by atoms with Crippen LogP contribution in [0.5, 0.6) is 0 Å². The Kier molecular flexibility index (Phi) is 4.96. The molecule has 0 aliphatic carbocycles. The van der Waals surface area contributed by atoms with Crippen LogP contribution in [0.4, 0.5) is 20.2 Å². The van der Waals surface area contributed by atoms with E-state index in [9.17, 15) is 23.7 Å². The summed E-state index contributed by atoms with van der Waals surface area (Å²) in [6.45, 7) is 1.75. The first-order valence-electron chi connectivity index (χ1n) is 8.75. The SMILES string of the molecule is Cc1ccc(-c2nc3ccccc3s2)cc1NC(=O)c1cc([N+](=O)[O-])c(F)cc1F. The largest absolute Gasteiger partial charge is 0.322 e.